The summed E-state index contributed by atoms with van der Waals surface area (Å²) in [7, 11) is 0. The molecule has 0 saturated carbocycles. The van der Waals surface area contributed by atoms with Gasteiger partial charge in [0.25, 0.3) is 0 Å². The van der Waals surface area contributed by atoms with Gasteiger partial charge in [-0.2, -0.15) is 0 Å². The van der Waals surface area contributed by atoms with Crippen LogP contribution in [0, 0.1) is 11.8 Å². The van der Waals surface area contributed by atoms with E-state index in [4.69, 9.17) is 0 Å². The summed E-state index contributed by atoms with van der Waals surface area (Å²) >= 11 is 0. The summed E-state index contributed by atoms with van der Waals surface area (Å²) in [6, 6.07) is 0.449. The molecule has 5 heteroatoms. The van der Waals surface area contributed by atoms with Crippen LogP contribution in [0.2, 0.25) is 0 Å². The van der Waals surface area contributed by atoms with E-state index >= 15 is 0 Å². The van der Waals surface area contributed by atoms with Crippen LogP contribution >= 0.6 is 0 Å². The molecule has 0 aliphatic rings. The number of unbranched alkanes of at least 4 members (excludes halogenated alkanes) is 9. The van der Waals surface area contributed by atoms with Gasteiger partial charge in [-0.25, -0.2) is 0 Å². The quantitative estimate of drug-likeness (QED) is 0.177. The third-order valence-electron chi connectivity index (χ3n) is 6.88. The van der Waals surface area contributed by atoms with Gasteiger partial charge in [0.05, 0.1) is 12.3 Å². The van der Waals surface area contributed by atoms with Gasteiger partial charge in [-0.05, 0) is 44.7 Å². The third-order valence-corrected chi connectivity index (χ3v) is 6.88. The van der Waals surface area contributed by atoms with E-state index in [1.54, 1.807) is 0 Å². The maximum absolute atomic E-state index is 11.8. The number of nitrogens with zero attached hydrogens (tertiary/aromatic N) is 1. The number of carbonyl (C=O) groups is 2. The smallest absolute Gasteiger partial charge is 0.307 e. The first-order valence-electron chi connectivity index (χ1n) is 13.1. The highest BCUT2D eigenvalue weighted by molar-refractivity contribution is 5.77. The van der Waals surface area contributed by atoms with Crippen molar-refractivity contribution in [2.24, 2.45) is 11.8 Å². The Labute approximate surface area is 192 Å². The summed E-state index contributed by atoms with van der Waals surface area (Å²) in [4.78, 5) is 25.6. The molecule has 0 amide bonds. The van der Waals surface area contributed by atoms with Crippen molar-refractivity contribution < 1.29 is 19.8 Å². The van der Waals surface area contributed by atoms with Crippen LogP contribution in [-0.2, 0) is 9.59 Å². The molecule has 0 saturated heterocycles. The third kappa shape index (κ3) is 14.6. The van der Waals surface area contributed by atoms with Crippen molar-refractivity contribution in [3.05, 3.63) is 0 Å². The average Bonchev–Trinajstić information content (AvgIpc) is 2.74. The lowest BCUT2D eigenvalue weighted by molar-refractivity contribution is -0.150. The van der Waals surface area contributed by atoms with E-state index in [0.29, 0.717) is 6.04 Å². The van der Waals surface area contributed by atoms with Gasteiger partial charge < -0.3 is 15.1 Å². The van der Waals surface area contributed by atoms with Gasteiger partial charge in [-0.15, -0.1) is 0 Å². The Hall–Kier alpha value is -1.10. The highest BCUT2D eigenvalue weighted by Gasteiger charge is 2.30. The van der Waals surface area contributed by atoms with Crippen LogP contribution in [0.4, 0.5) is 0 Å². The fourth-order valence-corrected chi connectivity index (χ4v) is 4.88. The molecular formula is C26H51NO4. The van der Waals surface area contributed by atoms with Crippen molar-refractivity contribution in [2.75, 3.05) is 13.1 Å². The van der Waals surface area contributed by atoms with Gasteiger partial charge in [-0.1, -0.05) is 91.9 Å². The SMILES string of the molecule is CCCCCCCCCCCCC(CCC(CC)N(CC)CC)C(CC(=O)O)C(=O)O. The summed E-state index contributed by atoms with van der Waals surface area (Å²) < 4.78 is 0. The minimum absolute atomic E-state index is 0.0488. The van der Waals surface area contributed by atoms with Crippen LogP contribution in [0.3, 0.4) is 0 Å². The predicted octanol–water partition coefficient (Wildman–Crippen LogP) is 6.99. The molecule has 0 fully saturated rings. The second kappa shape index (κ2) is 19.6. The van der Waals surface area contributed by atoms with E-state index in [0.717, 1.165) is 51.6 Å². The Morgan fingerprint density at radius 3 is 1.65 bits per heavy atom. The van der Waals surface area contributed by atoms with Gasteiger partial charge in [0.15, 0.2) is 0 Å². The number of carboxylic acid groups (broad SMARTS) is 2. The zero-order valence-electron chi connectivity index (χ0n) is 20.9. The molecule has 0 aromatic heterocycles. The van der Waals surface area contributed by atoms with Gasteiger partial charge in [0.1, 0.15) is 0 Å². The zero-order chi connectivity index (χ0) is 23.5. The molecule has 0 aromatic rings. The van der Waals surface area contributed by atoms with E-state index in [-0.39, 0.29) is 12.3 Å². The highest BCUT2D eigenvalue weighted by atomic mass is 16.4. The van der Waals surface area contributed by atoms with E-state index in [1.165, 1.54) is 51.4 Å². The lowest BCUT2D eigenvalue weighted by Gasteiger charge is -2.31. The number of hydrogen-bond acceptors (Lipinski definition) is 3. The molecule has 3 atom stereocenters. The minimum atomic E-state index is -1.00. The van der Waals surface area contributed by atoms with Crippen molar-refractivity contribution in [1.82, 2.24) is 4.90 Å². The Bertz CT molecular complexity index is 451. The molecule has 0 aliphatic heterocycles. The summed E-state index contributed by atoms with van der Waals surface area (Å²) in [5, 5.41) is 18.9. The van der Waals surface area contributed by atoms with Crippen LogP contribution in [0.1, 0.15) is 124 Å². The first-order valence-corrected chi connectivity index (χ1v) is 13.1. The molecule has 0 spiro atoms. The average molecular weight is 442 g/mol. The lowest BCUT2D eigenvalue weighted by atomic mass is 9.81. The molecule has 2 N–H and O–H groups in total. The number of aliphatic carboxylic acids is 2. The fraction of sp³-hybridized carbons (Fsp3) is 0.923. The van der Waals surface area contributed by atoms with Crippen LogP contribution in [-0.4, -0.2) is 46.2 Å². The van der Waals surface area contributed by atoms with Crippen LogP contribution in [0.5, 0.6) is 0 Å². The second-order valence-electron chi connectivity index (χ2n) is 9.13. The van der Waals surface area contributed by atoms with Crippen molar-refractivity contribution in [3.8, 4) is 0 Å². The molecule has 184 valence electrons. The summed E-state index contributed by atoms with van der Waals surface area (Å²) in [6.45, 7) is 10.7. The largest absolute Gasteiger partial charge is 0.481 e. The monoisotopic (exact) mass is 441 g/mol. The molecule has 0 heterocycles. The maximum atomic E-state index is 11.8. The summed E-state index contributed by atoms with van der Waals surface area (Å²) in [6.07, 6.45) is 15.9. The Morgan fingerprint density at radius 1 is 0.710 bits per heavy atom. The first-order chi connectivity index (χ1) is 14.9. The number of carboxylic acids is 2. The summed E-state index contributed by atoms with van der Waals surface area (Å²) in [5.41, 5.74) is 0. The van der Waals surface area contributed by atoms with Crippen LogP contribution in [0.15, 0.2) is 0 Å². The van der Waals surface area contributed by atoms with E-state index in [2.05, 4.69) is 32.6 Å². The summed E-state index contributed by atoms with van der Waals surface area (Å²) in [5.74, 6) is -2.77. The Morgan fingerprint density at radius 2 is 1.23 bits per heavy atom. The molecular weight excluding hydrogens is 390 g/mol. The lowest BCUT2D eigenvalue weighted by Crippen LogP contribution is -2.35. The van der Waals surface area contributed by atoms with Crippen molar-refractivity contribution in [2.45, 2.75) is 130 Å². The van der Waals surface area contributed by atoms with E-state index in [9.17, 15) is 19.8 Å². The van der Waals surface area contributed by atoms with Crippen LogP contribution in [0.25, 0.3) is 0 Å². The van der Waals surface area contributed by atoms with Gasteiger partial charge in [0, 0.05) is 6.04 Å². The molecule has 5 nitrogen and oxygen atoms in total. The topological polar surface area (TPSA) is 77.8 Å². The standard InChI is InChI=1S/C26H51NO4/c1-5-9-10-11-12-13-14-15-16-17-18-22(24(26(30)31)21-25(28)29)19-20-23(6-2)27(7-3)8-4/h22-24H,5-21H2,1-4H3,(H,28,29)(H,30,31). The number of hydrogen-bond donors (Lipinski definition) is 2. The van der Waals surface area contributed by atoms with Crippen molar-refractivity contribution in [3.63, 3.8) is 0 Å². The molecule has 0 aliphatic carbocycles. The molecule has 3 unspecified atom stereocenters. The highest BCUT2D eigenvalue weighted by Crippen LogP contribution is 2.29. The molecule has 0 radical (unpaired) electrons. The molecule has 0 bridgehead atoms. The first kappa shape index (κ1) is 29.9. The van der Waals surface area contributed by atoms with Crippen molar-refractivity contribution >= 4 is 11.9 Å². The van der Waals surface area contributed by atoms with E-state index < -0.39 is 17.9 Å². The molecule has 0 aromatic carbocycles. The minimum Gasteiger partial charge on any atom is -0.481 e. The predicted molar refractivity (Wildman–Crippen MR) is 130 cm³/mol. The van der Waals surface area contributed by atoms with Gasteiger partial charge in [0.2, 0.25) is 0 Å². The van der Waals surface area contributed by atoms with Crippen LogP contribution < -0.4 is 0 Å². The number of rotatable bonds is 22. The molecule has 0 rings (SSSR count). The van der Waals surface area contributed by atoms with Crippen molar-refractivity contribution in [1.29, 1.82) is 0 Å². The Balaban J connectivity index is 4.61. The second-order valence-corrected chi connectivity index (χ2v) is 9.13. The molecule has 31 heavy (non-hydrogen) atoms. The Kier molecular flexibility index (Phi) is 18.9. The van der Waals surface area contributed by atoms with Gasteiger partial charge >= 0.3 is 11.9 Å². The zero-order valence-corrected chi connectivity index (χ0v) is 20.9. The maximum Gasteiger partial charge on any atom is 0.307 e. The van der Waals surface area contributed by atoms with Gasteiger partial charge in [-0.3, -0.25) is 9.59 Å². The fourth-order valence-electron chi connectivity index (χ4n) is 4.88. The normalized spacial score (nSPS) is 14.5. The van der Waals surface area contributed by atoms with E-state index in [1.807, 2.05) is 0 Å².